The van der Waals surface area contributed by atoms with E-state index >= 15 is 0 Å². The molecule has 0 radical (unpaired) electrons. The van der Waals surface area contributed by atoms with E-state index in [0.717, 1.165) is 12.8 Å². The Morgan fingerprint density at radius 2 is 1.35 bits per heavy atom. The van der Waals surface area contributed by atoms with Crippen LogP contribution in [0.4, 0.5) is 0 Å². The van der Waals surface area contributed by atoms with E-state index in [-0.39, 0.29) is 27.0 Å². The van der Waals surface area contributed by atoms with E-state index in [0.29, 0.717) is 6.61 Å². The van der Waals surface area contributed by atoms with Crippen molar-refractivity contribution in [1.29, 1.82) is 0 Å². The van der Waals surface area contributed by atoms with Gasteiger partial charge in [-0.15, -0.1) is 0 Å². The molecule has 0 fully saturated rings. The third-order valence-corrected chi connectivity index (χ3v) is 18.1. The molecule has 34 heavy (non-hydrogen) atoms. The molecule has 0 aliphatic rings. The third kappa shape index (κ3) is 9.98. The summed E-state index contributed by atoms with van der Waals surface area (Å²) >= 11 is 0. The normalized spacial score (nSPS) is 16.9. The summed E-state index contributed by atoms with van der Waals surface area (Å²) in [5.74, 6) is 0. The quantitative estimate of drug-likeness (QED) is 0.304. The Morgan fingerprint density at radius 3 is 1.79 bits per heavy atom. The molecule has 1 aromatic rings. The van der Waals surface area contributed by atoms with Gasteiger partial charge in [0.15, 0.2) is 16.6 Å². The topological polar surface area (TPSA) is 47.6 Å². The van der Waals surface area contributed by atoms with Crippen LogP contribution < -0.4 is 4.72 Å². The minimum Gasteiger partial charge on any atom is -0.414 e. The second kappa shape index (κ2) is 11.8. The Bertz CT molecular complexity index is 778. The number of hydrogen-bond donors (Lipinski definition) is 1. The van der Waals surface area contributed by atoms with Crippen LogP contribution in [0, 0.1) is 0 Å². The average molecular weight is 528 g/mol. The minimum absolute atomic E-state index is 0.0280. The lowest BCUT2D eigenvalue weighted by atomic mass is 10.0. The van der Waals surface area contributed by atoms with Gasteiger partial charge >= 0.3 is 0 Å². The first-order valence-electron chi connectivity index (χ1n) is 12.7. The van der Waals surface area contributed by atoms with Gasteiger partial charge in [-0.1, -0.05) is 71.9 Å². The maximum Gasteiger partial charge on any atom is 0.192 e. The molecular weight excluding hydrogens is 475 g/mol. The average Bonchev–Trinajstić information content (AvgIpc) is 2.64. The Hall–Kier alpha value is -0.316. The predicted octanol–water partition coefficient (Wildman–Crippen LogP) is 7.45. The van der Waals surface area contributed by atoms with Crippen LogP contribution in [-0.4, -0.2) is 44.3 Å². The molecule has 0 aliphatic heterocycles. The molecule has 0 amide bonds. The molecule has 1 N–H and O–H groups in total. The third-order valence-electron chi connectivity index (χ3n) is 7.41. The first-order chi connectivity index (χ1) is 15.2. The van der Waals surface area contributed by atoms with E-state index in [9.17, 15) is 4.21 Å². The summed E-state index contributed by atoms with van der Waals surface area (Å²) in [6.07, 6.45) is 1.52. The zero-order valence-electron chi connectivity index (χ0n) is 24.3. The highest BCUT2D eigenvalue weighted by Gasteiger charge is 2.42. The van der Waals surface area contributed by atoms with Gasteiger partial charge < -0.3 is 8.85 Å². The number of nitrogens with one attached hydrogen (secondary N) is 1. The van der Waals surface area contributed by atoms with Crippen LogP contribution in [0.1, 0.15) is 74.3 Å². The summed E-state index contributed by atoms with van der Waals surface area (Å²) < 4.78 is 29.8. The van der Waals surface area contributed by atoms with E-state index in [1.165, 1.54) is 5.56 Å². The summed E-state index contributed by atoms with van der Waals surface area (Å²) in [7, 11) is -5.09. The number of benzene rings is 1. The fourth-order valence-corrected chi connectivity index (χ4v) is 6.20. The lowest BCUT2D eigenvalue weighted by Crippen LogP contribution is -2.50. The molecule has 0 spiro atoms. The summed E-state index contributed by atoms with van der Waals surface area (Å²) in [6.45, 7) is 29.5. The molecule has 0 heterocycles. The Morgan fingerprint density at radius 1 is 0.853 bits per heavy atom. The Kier molecular flexibility index (Phi) is 11.0. The fourth-order valence-electron chi connectivity index (χ4n) is 2.98. The maximum atomic E-state index is 13.1. The van der Waals surface area contributed by atoms with E-state index in [1.54, 1.807) is 0 Å². The summed E-state index contributed by atoms with van der Waals surface area (Å²) in [5, 5.41) is 0.253. The second-order valence-electron chi connectivity index (χ2n) is 13.7. The molecule has 1 aromatic carbocycles. The molecular formula is C27H53NO3SSi2. The summed E-state index contributed by atoms with van der Waals surface area (Å²) in [5.41, 5.74) is 1.24. The van der Waals surface area contributed by atoms with Crippen molar-refractivity contribution in [2.24, 2.45) is 0 Å². The highest BCUT2D eigenvalue weighted by atomic mass is 32.2. The Labute approximate surface area is 215 Å². The van der Waals surface area contributed by atoms with Crippen molar-refractivity contribution in [3.8, 4) is 0 Å². The van der Waals surface area contributed by atoms with Gasteiger partial charge in [-0.2, -0.15) is 0 Å². The zero-order chi connectivity index (χ0) is 26.6. The van der Waals surface area contributed by atoms with E-state index in [4.69, 9.17) is 8.85 Å². The van der Waals surface area contributed by atoms with Crippen LogP contribution in [0.5, 0.6) is 0 Å². The lowest BCUT2D eigenvalue weighted by molar-refractivity contribution is 0.0934. The lowest BCUT2D eigenvalue weighted by Gasteiger charge is -2.42. The van der Waals surface area contributed by atoms with Crippen molar-refractivity contribution in [2.75, 3.05) is 6.61 Å². The second-order valence-corrected chi connectivity index (χ2v) is 25.3. The monoisotopic (exact) mass is 527 g/mol. The van der Waals surface area contributed by atoms with Crippen molar-refractivity contribution in [2.45, 2.75) is 128 Å². The van der Waals surface area contributed by atoms with Gasteiger partial charge in [-0.25, -0.2) is 8.93 Å². The number of rotatable bonds is 11. The van der Waals surface area contributed by atoms with Crippen molar-refractivity contribution in [3.63, 3.8) is 0 Å². The van der Waals surface area contributed by atoms with Crippen LogP contribution in [0.3, 0.4) is 0 Å². The van der Waals surface area contributed by atoms with Gasteiger partial charge in [0.05, 0.1) is 28.4 Å². The van der Waals surface area contributed by atoms with Crippen molar-refractivity contribution in [3.05, 3.63) is 35.9 Å². The van der Waals surface area contributed by atoms with Crippen LogP contribution in [0.15, 0.2) is 30.3 Å². The fraction of sp³-hybridized carbons (Fsp3) is 0.778. The van der Waals surface area contributed by atoms with Crippen LogP contribution in [0.25, 0.3) is 0 Å². The highest BCUT2D eigenvalue weighted by Crippen LogP contribution is 2.39. The Balaban J connectivity index is 3.22. The molecule has 0 aliphatic carbocycles. The largest absolute Gasteiger partial charge is 0.414 e. The van der Waals surface area contributed by atoms with Crippen LogP contribution in [-0.2, 0) is 26.3 Å². The molecule has 4 nitrogen and oxygen atoms in total. The molecule has 0 aromatic heterocycles. The van der Waals surface area contributed by atoms with E-state index in [1.807, 2.05) is 26.8 Å². The SMILES string of the molecule is CC(C)(C)S(=O)N[C@@H](Cc1ccccc1)C[C@H](CO[Si](C)(C)C(C)(C)C)O[Si](C)(C)C(C)(C)C. The summed E-state index contributed by atoms with van der Waals surface area (Å²) in [4.78, 5) is 0. The van der Waals surface area contributed by atoms with Gasteiger partial charge in [-0.05, 0) is 75.4 Å². The van der Waals surface area contributed by atoms with Gasteiger partial charge in [0.2, 0.25) is 0 Å². The number of hydrogen-bond acceptors (Lipinski definition) is 3. The maximum absolute atomic E-state index is 13.1. The zero-order valence-corrected chi connectivity index (χ0v) is 27.1. The van der Waals surface area contributed by atoms with Crippen LogP contribution >= 0.6 is 0 Å². The van der Waals surface area contributed by atoms with Crippen molar-refractivity contribution in [1.82, 2.24) is 4.72 Å². The summed E-state index contributed by atoms with van der Waals surface area (Å²) in [6, 6.07) is 10.5. The smallest absolute Gasteiger partial charge is 0.192 e. The van der Waals surface area contributed by atoms with E-state index < -0.39 is 27.6 Å². The molecule has 1 unspecified atom stereocenters. The van der Waals surface area contributed by atoms with Gasteiger partial charge in [-0.3, -0.25) is 0 Å². The molecule has 0 bridgehead atoms. The van der Waals surface area contributed by atoms with E-state index in [2.05, 4.69) is 96.7 Å². The van der Waals surface area contributed by atoms with Crippen LogP contribution in [0.2, 0.25) is 36.3 Å². The van der Waals surface area contributed by atoms with Gasteiger partial charge in [0.25, 0.3) is 0 Å². The van der Waals surface area contributed by atoms with Crippen molar-refractivity contribution < 1.29 is 13.1 Å². The predicted molar refractivity (Wildman–Crippen MR) is 155 cm³/mol. The molecule has 198 valence electrons. The minimum atomic E-state index is -2.01. The first-order valence-corrected chi connectivity index (χ1v) is 19.7. The molecule has 1 rings (SSSR count). The molecule has 0 saturated carbocycles. The van der Waals surface area contributed by atoms with Crippen molar-refractivity contribution >= 4 is 27.6 Å². The van der Waals surface area contributed by atoms with Gasteiger partial charge in [0, 0.05) is 6.04 Å². The molecule has 7 heteroatoms. The first kappa shape index (κ1) is 31.7. The van der Waals surface area contributed by atoms with Gasteiger partial charge in [0.1, 0.15) is 0 Å². The molecule has 0 saturated heterocycles. The standard InChI is InChI=1S/C27H53NO3SSi2/c1-25(2,3)32(29)28-23(19-22-17-15-14-16-18-22)20-24(31-34(12,13)27(7,8)9)21-30-33(10,11)26(4,5)6/h14-18,23-24,28H,19-21H2,1-13H3/t23-,24+,32?/m0/s1. The highest BCUT2D eigenvalue weighted by molar-refractivity contribution is 7.84. The molecule has 3 atom stereocenters.